The van der Waals surface area contributed by atoms with Crippen molar-refractivity contribution in [3.8, 4) is 0 Å². The van der Waals surface area contributed by atoms with Crippen molar-refractivity contribution in [2.24, 2.45) is 5.73 Å². The summed E-state index contributed by atoms with van der Waals surface area (Å²) in [7, 11) is 0. The first kappa shape index (κ1) is 15.2. The molecule has 2 aliphatic rings. The Balaban J connectivity index is 1.74. The predicted molar refractivity (Wildman–Crippen MR) is 79.4 cm³/mol. The lowest BCUT2D eigenvalue weighted by molar-refractivity contribution is 0.0290. The second-order valence-corrected chi connectivity index (χ2v) is 6.06. The third-order valence-electron chi connectivity index (χ3n) is 4.58. The highest BCUT2D eigenvalue weighted by molar-refractivity contribution is 4.81. The number of hydrogen-bond donors (Lipinski definition) is 1. The van der Waals surface area contributed by atoms with Gasteiger partial charge < -0.3 is 10.5 Å². The minimum absolute atomic E-state index is 0.457. The molecule has 2 rings (SSSR count). The first-order chi connectivity index (χ1) is 9.29. The number of nitrogens with two attached hydrogens (primary N) is 1. The zero-order valence-electron chi connectivity index (χ0n) is 12.5. The molecule has 1 aliphatic carbocycles. The minimum atomic E-state index is 0.457. The maximum Gasteiger partial charge on any atom is 0.0594 e. The lowest BCUT2D eigenvalue weighted by Crippen LogP contribution is -2.46. The molecule has 0 amide bonds. The van der Waals surface area contributed by atoms with E-state index in [1.54, 1.807) is 0 Å². The summed E-state index contributed by atoms with van der Waals surface area (Å²) in [5, 5.41) is 0. The SMILES string of the molecule is CCCN(CCN1CCOCC1)C1CCC(N)CC1. The molecule has 112 valence electrons. The van der Waals surface area contributed by atoms with Crippen LogP contribution in [0.15, 0.2) is 0 Å². The van der Waals surface area contributed by atoms with Gasteiger partial charge in [0.2, 0.25) is 0 Å². The average molecular weight is 269 g/mol. The van der Waals surface area contributed by atoms with Crippen LogP contribution in [0.4, 0.5) is 0 Å². The van der Waals surface area contributed by atoms with E-state index in [9.17, 15) is 0 Å². The Morgan fingerprint density at radius 3 is 2.42 bits per heavy atom. The van der Waals surface area contributed by atoms with Crippen molar-refractivity contribution in [3.63, 3.8) is 0 Å². The lowest BCUT2D eigenvalue weighted by Gasteiger charge is -2.37. The van der Waals surface area contributed by atoms with Gasteiger partial charge in [-0.05, 0) is 38.6 Å². The van der Waals surface area contributed by atoms with Crippen molar-refractivity contribution in [1.82, 2.24) is 9.80 Å². The Morgan fingerprint density at radius 2 is 1.79 bits per heavy atom. The number of nitrogens with zero attached hydrogens (tertiary/aromatic N) is 2. The Morgan fingerprint density at radius 1 is 1.11 bits per heavy atom. The van der Waals surface area contributed by atoms with Crippen LogP contribution >= 0.6 is 0 Å². The van der Waals surface area contributed by atoms with Crippen LogP contribution < -0.4 is 5.73 Å². The fraction of sp³-hybridized carbons (Fsp3) is 1.00. The Bertz CT molecular complexity index is 236. The molecule has 0 radical (unpaired) electrons. The van der Waals surface area contributed by atoms with Crippen molar-refractivity contribution < 1.29 is 4.74 Å². The Hall–Kier alpha value is -0.160. The fourth-order valence-electron chi connectivity index (χ4n) is 3.33. The predicted octanol–water partition coefficient (Wildman–Crippen LogP) is 1.30. The molecule has 1 saturated carbocycles. The van der Waals surface area contributed by atoms with Gasteiger partial charge in [-0.1, -0.05) is 6.92 Å². The largest absolute Gasteiger partial charge is 0.379 e. The van der Waals surface area contributed by atoms with Crippen LogP contribution in [-0.4, -0.2) is 67.8 Å². The van der Waals surface area contributed by atoms with E-state index in [1.165, 1.54) is 51.7 Å². The monoisotopic (exact) mass is 269 g/mol. The standard InChI is InChI=1S/C15H31N3O/c1-2-7-18(15-5-3-14(16)4-6-15)9-8-17-10-12-19-13-11-17/h14-15H,2-13,16H2,1H3. The smallest absolute Gasteiger partial charge is 0.0594 e. The van der Waals surface area contributed by atoms with Gasteiger partial charge in [-0.2, -0.15) is 0 Å². The van der Waals surface area contributed by atoms with Gasteiger partial charge in [0.15, 0.2) is 0 Å². The fourth-order valence-corrected chi connectivity index (χ4v) is 3.33. The third-order valence-corrected chi connectivity index (χ3v) is 4.58. The van der Waals surface area contributed by atoms with Crippen molar-refractivity contribution in [1.29, 1.82) is 0 Å². The van der Waals surface area contributed by atoms with Gasteiger partial charge in [-0.25, -0.2) is 0 Å². The van der Waals surface area contributed by atoms with E-state index in [0.717, 1.165) is 32.3 Å². The highest BCUT2D eigenvalue weighted by atomic mass is 16.5. The van der Waals surface area contributed by atoms with Crippen molar-refractivity contribution in [3.05, 3.63) is 0 Å². The van der Waals surface area contributed by atoms with E-state index < -0.39 is 0 Å². The second-order valence-electron chi connectivity index (χ2n) is 6.06. The maximum absolute atomic E-state index is 6.02. The molecule has 2 fully saturated rings. The van der Waals surface area contributed by atoms with E-state index in [1.807, 2.05) is 0 Å². The Labute approximate surface area is 118 Å². The summed E-state index contributed by atoms with van der Waals surface area (Å²) in [5.74, 6) is 0. The van der Waals surface area contributed by atoms with Crippen LogP contribution in [0.1, 0.15) is 39.0 Å². The normalized spacial score (nSPS) is 29.8. The third kappa shape index (κ3) is 5.03. The molecule has 1 saturated heterocycles. The lowest BCUT2D eigenvalue weighted by atomic mass is 9.90. The summed E-state index contributed by atoms with van der Waals surface area (Å²) in [6.07, 6.45) is 6.27. The van der Waals surface area contributed by atoms with Gasteiger partial charge >= 0.3 is 0 Å². The summed E-state index contributed by atoms with van der Waals surface area (Å²) in [6.45, 7) is 9.98. The number of rotatable bonds is 6. The molecule has 4 nitrogen and oxygen atoms in total. The van der Waals surface area contributed by atoms with Crippen LogP contribution in [0.25, 0.3) is 0 Å². The average Bonchev–Trinajstić information content (AvgIpc) is 2.46. The van der Waals surface area contributed by atoms with E-state index in [2.05, 4.69) is 16.7 Å². The van der Waals surface area contributed by atoms with Crippen molar-refractivity contribution in [2.45, 2.75) is 51.1 Å². The first-order valence-corrected chi connectivity index (χ1v) is 8.09. The number of hydrogen-bond acceptors (Lipinski definition) is 4. The highest BCUT2D eigenvalue weighted by Gasteiger charge is 2.24. The van der Waals surface area contributed by atoms with Crippen LogP contribution in [0.3, 0.4) is 0 Å². The molecule has 19 heavy (non-hydrogen) atoms. The van der Waals surface area contributed by atoms with E-state index in [0.29, 0.717) is 6.04 Å². The zero-order chi connectivity index (χ0) is 13.5. The van der Waals surface area contributed by atoms with Gasteiger partial charge in [0.05, 0.1) is 13.2 Å². The topological polar surface area (TPSA) is 41.7 Å². The van der Waals surface area contributed by atoms with Crippen LogP contribution in [0.2, 0.25) is 0 Å². The molecule has 1 aliphatic heterocycles. The van der Waals surface area contributed by atoms with E-state index in [4.69, 9.17) is 10.5 Å². The van der Waals surface area contributed by atoms with Crippen LogP contribution in [0, 0.1) is 0 Å². The van der Waals surface area contributed by atoms with Crippen LogP contribution in [-0.2, 0) is 4.74 Å². The summed E-state index contributed by atoms with van der Waals surface area (Å²) >= 11 is 0. The molecule has 0 aromatic rings. The molecule has 0 bridgehead atoms. The molecule has 1 heterocycles. The molecular formula is C15H31N3O. The summed E-state index contributed by atoms with van der Waals surface area (Å²) in [6, 6.07) is 1.24. The summed E-state index contributed by atoms with van der Waals surface area (Å²) in [5.41, 5.74) is 6.02. The zero-order valence-corrected chi connectivity index (χ0v) is 12.5. The molecular weight excluding hydrogens is 238 g/mol. The molecule has 0 spiro atoms. The van der Waals surface area contributed by atoms with Gasteiger partial charge in [0.1, 0.15) is 0 Å². The van der Waals surface area contributed by atoms with Crippen molar-refractivity contribution in [2.75, 3.05) is 45.9 Å². The van der Waals surface area contributed by atoms with Crippen LogP contribution in [0.5, 0.6) is 0 Å². The van der Waals surface area contributed by atoms with Crippen molar-refractivity contribution >= 4 is 0 Å². The van der Waals surface area contributed by atoms with Gasteiger partial charge in [0.25, 0.3) is 0 Å². The molecule has 0 unspecified atom stereocenters. The van der Waals surface area contributed by atoms with E-state index >= 15 is 0 Å². The number of morpholine rings is 1. The quantitative estimate of drug-likeness (QED) is 0.789. The maximum atomic E-state index is 6.02. The minimum Gasteiger partial charge on any atom is -0.379 e. The van der Waals surface area contributed by atoms with Gasteiger partial charge in [-0.15, -0.1) is 0 Å². The molecule has 2 N–H and O–H groups in total. The summed E-state index contributed by atoms with van der Waals surface area (Å²) < 4.78 is 5.41. The summed E-state index contributed by atoms with van der Waals surface area (Å²) in [4.78, 5) is 5.25. The number of ether oxygens (including phenoxy) is 1. The Kier molecular flexibility index (Phi) is 6.57. The van der Waals surface area contributed by atoms with Gasteiger partial charge in [-0.3, -0.25) is 9.80 Å². The van der Waals surface area contributed by atoms with Gasteiger partial charge in [0, 0.05) is 38.3 Å². The molecule has 4 heteroatoms. The van der Waals surface area contributed by atoms with E-state index in [-0.39, 0.29) is 0 Å². The molecule has 0 aromatic carbocycles. The first-order valence-electron chi connectivity index (χ1n) is 8.09. The molecule has 0 aromatic heterocycles. The molecule has 0 atom stereocenters. The highest BCUT2D eigenvalue weighted by Crippen LogP contribution is 2.22. The second kappa shape index (κ2) is 8.20.